The number of hydrogen-bond acceptors (Lipinski definition) is 6. The van der Waals surface area contributed by atoms with Crippen LogP contribution in [0.3, 0.4) is 0 Å². The number of sulfonamides is 1. The molecule has 0 fully saturated rings. The minimum Gasteiger partial charge on any atom is -0.437 e. The molecular weight excluding hydrogens is 354 g/mol. The van der Waals surface area contributed by atoms with Crippen LogP contribution in [0.25, 0.3) is 0 Å². The Morgan fingerprint density at radius 2 is 1.85 bits per heavy atom. The highest BCUT2D eigenvalue weighted by molar-refractivity contribution is 7.92. The van der Waals surface area contributed by atoms with Crippen molar-refractivity contribution in [3.05, 3.63) is 72.7 Å². The van der Waals surface area contributed by atoms with Crippen molar-refractivity contribution in [2.45, 2.75) is 11.8 Å². The third-order valence-electron chi connectivity index (χ3n) is 3.42. The second-order valence-electron chi connectivity index (χ2n) is 5.36. The number of carbonyl (C=O) groups excluding carboxylic acids is 1. The van der Waals surface area contributed by atoms with Gasteiger partial charge in [-0.3, -0.25) is 14.5 Å². The molecule has 1 N–H and O–H groups in total. The lowest BCUT2D eigenvalue weighted by atomic mass is 10.2. The Morgan fingerprint density at radius 1 is 1.08 bits per heavy atom. The van der Waals surface area contributed by atoms with Crippen LogP contribution in [0.15, 0.2) is 72.0 Å². The maximum Gasteiger partial charge on any atom is 0.261 e. The fourth-order valence-corrected chi connectivity index (χ4v) is 3.21. The minimum absolute atomic E-state index is 0.0581. The van der Waals surface area contributed by atoms with Crippen molar-refractivity contribution in [3.63, 3.8) is 0 Å². The highest BCUT2D eigenvalue weighted by Gasteiger charge is 2.15. The molecule has 0 amide bonds. The molecule has 0 aliphatic carbocycles. The predicted octanol–water partition coefficient (Wildman–Crippen LogP) is 3.27. The van der Waals surface area contributed by atoms with Gasteiger partial charge in [0.1, 0.15) is 5.75 Å². The second-order valence-corrected chi connectivity index (χ2v) is 7.04. The van der Waals surface area contributed by atoms with Gasteiger partial charge in [-0.25, -0.2) is 13.4 Å². The molecule has 132 valence electrons. The van der Waals surface area contributed by atoms with Crippen molar-refractivity contribution in [3.8, 4) is 11.6 Å². The summed E-state index contributed by atoms with van der Waals surface area (Å²) in [5.41, 5.74) is 0.783. The van der Waals surface area contributed by atoms with Crippen LogP contribution < -0.4 is 9.46 Å². The first-order valence-corrected chi connectivity index (χ1v) is 9.10. The van der Waals surface area contributed by atoms with Crippen LogP contribution in [0.4, 0.5) is 5.69 Å². The number of carbonyl (C=O) groups is 1. The van der Waals surface area contributed by atoms with Crippen molar-refractivity contribution >= 4 is 21.5 Å². The van der Waals surface area contributed by atoms with Crippen molar-refractivity contribution < 1.29 is 17.9 Å². The molecule has 3 rings (SSSR count). The average molecular weight is 369 g/mol. The monoisotopic (exact) mass is 369 g/mol. The van der Waals surface area contributed by atoms with Gasteiger partial charge in [0.25, 0.3) is 10.0 Å². The number of aromatic nitrogens is 2. The number of Topliss-reactive ketones (excluding diaryl/α,β-unsaturated/α-hetero) is 1. The maximum atomic E-state index is 12.5. The quantitative estimate of drug-likeness (QED) is 0.670. The fourth-order valence-electron chi connectivity index (χ4n) is 2.16. The molecule has 2 aromatic carbocycles. The number of nitrogens with zero attached hydrogens (tertiary/aromatic N) is 2. The largest absolute Gasteiger partial charge is 0.437 e. The molecule has 0 bridgehead atoms. The summed E-state index contributed by atoms with van der Waals surface area (Å²) in [4.78, 5) is 19.3. The van der Waals surface area contributed by atoms with Gasteiger partial charge >= 0.3 is 0 Å². The SMILES string of the molecule is CC(=O)c1ccc(S(=O)(=O)Nc2cccc(Oc3cnccn3)c2)cc1. The summed E-state index contributed by atoms with van der Waals surface area (Å²) in [7, 11) is -3.79. The topological polar surface area (TPSA) is 98.2 Å². The van der Waals surface area contributed by atoms with Crippen LogP contribution in [-0.4, -0.2) is 24.2 Å². The molecule has 0 saturated carbocycles. The number of nitrogens with one attached hydrogen (secondary N) is 1. The van der Waals surface area contributed by atoms with E-state index in [0.717, 1.165) is 0 Å². The van der Waals surface area contributed by atoms with Gasteiger partial charge in [-0.1, -0.05) is 18.2 Å². The Kier molecular flexibility index (Phi) is 4.94. The molecule has 0 spiro atoms. The Bertz CT molecular complexity index is 1020. The number of ether oxygens (including phenoxy) is 1. The zero-order chi connectivity index (χ0) is 18.6. The fraction of sp³-hybridized carbons (Fsp3) is 0.0556. The Labute approximate surface area is 150 Å². The molecule has 0 atom stereocenters. The van der Waals surface area contributed by atoms with E-state index in [0.29, 0.717) is 22.9 Å². The van der Waals surface area contributed by atoms with Crippen LogP contribution in [0.2, 0.25) is 0 Å². The smallest absolute Gasteiger partial charge is 0.261 e. The number of ketones is 1. The summed E-state index contributed by atoms with van der Waals surface area (Å²) >= 11 is 0. The first-order valence-electron chi connectivity index (χ1n) is 7.62. The molecular formula is C18H15N3O4S. The third kappa shape index (κ3) is 4.22. The second kappa shape index (κ2) is 7.32. The van der Waals surface area contributed by atoms with E-state index in [4.69, 9.17) is 4.74 Å². The molecule has 3 aromatic rings. The molecule has 1 aromatic heterocycles. The van der Waals surface area contributed by atoms with E-state index in [1.165, 1.54) is 55.8 Å². The standard InChI is InChI=1S/C18H15N3O4S/c1-13(22)14-5-7-17(8-6-14)26(23,24)21-15-3-2-4-16(11-15)25-18-12-19-9-10-20-18/h2-12,21H,1H3. The normalized spacial score (nSPS) is 11.0. The van der Waals surface area contributed by atoms with E-state index >= 15 is 0 Å². The van der Waals surface area contributed by atoms with Crippen LogP contribution in [0, 0.1) is 0 Å². The molecule has 0 saturated heterocycles. The summed E-state index contributed by atoms with van der Waals surface area (Å²) < 4.78 is 33.0. The van der Waals surface area contributed by atoms with Gasteiger partial charge in [0, 0.05) is 24.0 Å². The third-order valence-corrected chi connectivity index (χ3v) is 4.82. The summed E-state index contributed by atoms with van der Waals surface area (Å²) in [5.74, 6) is 0.584. The minimum atomic E-state index is -3.79. The van der Waals surface area contributed by atoms with Gasteiger partial charge in [0.2, 0.25) is 5.88 Å². The van der Waals surface area contributed by atoms with E-state index in [1.807, 2.05) is 0 Å². The number of benzene rings is 2. The van der Waals surface area contributed by atoms with Crippen LogP contribution in [0.1, 0.15) is 17.3 Å². The van der Waals surface area contributed by atoms with E-state index in [-0.39, 0.29) is 10.7 Å². The highest BCUT2D eigenvalue weighted by Crippen LogP contribution is 2.24. The summed E-state index contributed by atoms with van der Waals surface area (Å²) in [6, 6.07) is 12.2. The summed E-state index contributed by atoms with van der Waals surface area (Å²) in [6.45, 7) is 1.42. The van der Waals surface area contributed by atoms with E-state index in [9.17, 15) is 13.2 Å². The van der Waals surface area contributed by atoms with Crippen molar-refractivity contribution in [2.75, 3.05) is 4.72 Å². The molecule has 7 nitrogen and oxygen atoms in total. The lowest BCUT2D eigenvalue weighted by molar-refractivity contribution is 0.101. The van der Waals surface area contributed by atoms with Gasteiger partial charge in [-0.15, -0.1) is 0 Å². The first kappa shape index (κ1) is 17.6. The van der Waals surface area contributed by atoms with Gasteiger partial charge in [-0.05, 0) is 31.2 Å². The Hall–Kier alpha value is -3.26. The van der Waals surface area contributed by atoms with E-state index in [2.05, 4.69) is 14.7 Å². The molecule has 1 heterocycles. The number of rotatable bonds is 6. The zero-order valence-corrected chi connectivity index (χ0v) is 14.6. The average Bonchev–Trinajstić information content (AvgIpc) is 2.62. The summed E-state index contributed by atoms with van der Waals surface area (Å²) in [5, 5.41) is 0. The van der Waals surface area contributed by atoms with Gasteiger partial charge < -0.3 is 4.74 Å². The highest BCUT2D eigenvalue weighted by atomic mass is 32.2. The van der Waals surface area contributed by atoms with Crippen molar-refractivity contribution in [2.24, 2.45) is 0 Å². The first-order chi connectivity index (χ1) is 12.4. The van der Waals surface area contributed by atoms with Crippen molar-refractivity contribution in [1.82, 2.24) is 9.97 Å². The zero-order valence-electron chi connectivity index (χ0n) is 13.8. The Morgan fingerprint density at radius 3 is 2.50 bits per heavy atom. The molecule has 0 radical (unpaired) electrons. The summed E-state index contributed by atoms with van der Waals surface area (Å²) in [6.07, 6.45) is 4.47. The lowest BCUT2D eigenvalue weighted by Gasteiger charge is -2.10. The lowest BCUT2D eigenvalue weighted by Crippen LogP contribution is -2.13. The molecule has 0 aliphatic heterocycles. The van der Waals surface area contributed by atoms with Crippen LogP contribution in [0.5, 0.6) is 11.6 Å². The van der Waals surface area contributed by atoms with Crippen molar-refractivity contribution in [1.29, 1.82) is 0 Å². The molecule has 0 unspecified atom stereocenters. The van der Waals surface area contributed by atoms with Crippen LogP contribution >= 0.6 is 0 Å². The molecule has 8 heteroatoms. The van der Waals surface area contributed by atoms with Gasteiger partial charge in [0.15, 0.2) is 5.78 Å². The van der Waals surface area contributed by atoms with E-state index in [1.54, 1.807) is 18.2 Å². The number of anilines is 1. The molecule has 0 aliphatic rings. The Balaban J connectivity index is 1.79. The van der Waals surface area contributed by atoms with Crippen LogP contribution in [-0.2, 0) is 10.0 Å². The maximum absolute atomic E-state index is 12.5. The molecule has 26 heavy (non-hydrogen) atoms. The number of hydrogen-bond donors (Lipinski definition) is 1. The van der Waals surface area contributed by atoms with E-state index < -0.39 is 10.0 Å². The predicted molar refractivity (Wildman–Crippen MR) is 95.8 cm³/mol. The van der Waals surface area contributed by atoms with Gasteiger partial charge in [0.05, 0.1) is 16.8 Å². The van der Waals surface area contributed by atoms with Gasteiger partial charge in [-0.2, -0.15) is 0 Å².